The molecule has 1 saturated heterocycles. The molecule has 2 aromatic heterocycles. The highest BCUT2D eigenvalue weighted by molar-refractivity contribution is 7.91. The van der Waals surface area contributed by atoms with Gasteiger partial charge in [-0.1, -0.05) is 19.0 Å². The summed E-state index contributed by atoms with van der Waals surface area (Å²) in [5.41, 5.74) is 1.71. The quantitative estimate of drug-likeness (QED) is 0.799. The summed E-state index contributed by atoms with van der Waals surface area (Å²) in [4.78, 5) is 16.8. The topological polar surface area (TPSA) is 107 Å². The number of sulfone groups is 1. The third-order valence-electron chi connectivity index (χ3n) is 5.02. The van der Waals surface area contributed by atoms with Gasteiger partial charge in [0.15, 0.2) is 9.84 Å². The maximum Gasteiger partial charge on any atom is 0.220 e. The number of aryl methyl sites for hydroxylation is 2. The van der Waals surface area contributed by atoms with Crippen molar-refractivity contribution in [2.45, 2.75) is 58.5 Å². The molecule has 1 fully saturated rings. The number of hydrogen-bond donors (Lipinski definition) is 1. The zero-order valence-corrected chi connectivity index (χ0v) is 16.9. The van der Waals surface area contributed by atoms with Crippen LogP contribution >= 0.6 is 0 Å². The van der Waals surface area contributed by atoms with Gasteiger partial charge >= 0.3 is 0 Å². The van der Waals surface area contributed by atoms with Crippen molar-refractivity contribution < 1.29 is 17.7 Å². The summed E-state index contributed by atoms with van der Waals surface area (Å²) >= 11 is 0. The second kappa shape index (κ2) is 7.46. The average molecular weight is 394 g/mol. The van der Waals surface area contributed by atoms with Gasteiger partial charge in [0.1, 0.15) is 11.6 Å². The zero-order chi connectivity index (χ0) is 19.8. The summed E-state index contributed by atoms with van der Waals surface area (Å²) in [5.74, 6) is 1.49. The summed E-state index contributed by atoms with van der Waals surface area (Å²) in [6, 6.07) is -0.795. The van der Waals surface area contributed by atoms with E-state index in [4.69, 9.17) is 4.52 Å². The summed E-state index contributed by atoms with van der Waals surface area (Å²) in [6.45, 7) is 7.69. The lowest BCUT2D eigenvalue weighted by atomic mass is 10.1. The van der Waals surface area contributed by atoms with E-state index >= 15 is 0 Å². The first kappa shape index (κ1) is 19.6. The van der Waals surface area contributed by atoms with Gasteiger partial charge in [-0.2, -0.15) is 0 Å². The monoisotopic (exact) mass is 394 g/mol. The van der Waals surface area contributed by atoms with Crippen LogP contribution in [-0.2, 0) is 21.1 Å². The molecule has 3 rings (SSSR count). The fourth-order valence-corrected chi connectivity index (χ4v) is 5.57. The Morgan fingerprint density at radius 2 is 2.11 bits per heavy atom. The maximum atomic E-state index is 12.5. The number of nitrogens with zero attached hydrogens (tertiary/aromatic N) is 3. The van der Waals surface area contributed by atoms with Crippen LogP contribution in [0, 0.1) is 13.8 Å². The largest absolute Gasteiger partial charge is 0.361 e. The normalized spacial score (nSPS) is 21.7. The summed E-state index contributed by atoms with van der Waals surface area (Å²) in [7, 11) is -3.22. The Morgan fingerprint density at radius 3 is 2.74 bits per heavy atom. The SMILES string of the molecule is Cc1noc(C)c1CCC(=O)N[C@@H]1CS(=O)(=O)C[C@H]1n1ccnc1C(C)C. The number of hydrogen-bond acceptors (Lipinski definition) is 6. The lowest BCUT2D eigenvalue weighted by Gasteiger charge is -2.23. The van der Waals surface area contributed by atoms with E-state index in [1.165, 1.54) is 0 Å². The van der Waals surface area contributed by atoms with Crippen LogP contribution in [0.2, 0.25) is 0 Å². The zero-order valence-electron chi connectivity index (χ0n) is 16.1. The van der Waals surface area contributed by atoms with Crippen molar-refractivity contribution in [3.8, 4) is 0 Å². The Hall–Kier alpha value is -2.16. The molecule has 2 atom stereocenters. The van der Waals surface area contributed by atoms with E-state index in [0.717, 1.165) is 17.1 Å². The van der Waals surface area contributed by atoms with Crippen LogP contribution in [0.5, 0.6) is 0 Å². The van der Waals surface area contributed by atoms with Gasteiger partial charge in [0.2, 0.25) is 5.91 Å². The highest BCUT2D eigenvalue weighted by Crippen LogP contribution is 2.28. The first-order valence-electron chi connectivity index (χ1n) is 9.12. The second-order valence-corrected chi connectivity index (χ2v) is 9.62. The van der Waals surface area contributed by atoms with Crippen molar-refractivity contribution in [2.24, 2.45) is 0 Å². The number of nitrogens with one attached hydrogen (secondary N) is 1. The predicted molar refractivity (Wildman–Crippen MR) is 100 cm³/mol. The molecular formula is C18H26N4O4S. The minimum atomic E-state index is -3.22. The van der Waals surface area contributed by atoms with E-state index in [1.54, 1.807) is 12.4 Å². The first-order chi connectivity index (χ1) is 12.7. The van der Waals surface area contributed by atoms with E-state index in [1.807, 2.05) is 32.3 Å². The van der Waals surface area contributed by atoms with E-state index in [-0.39, 0.29) is 35.8 Å². The van der Waals surface area contributed by atoms with Gasteiger partial charge < -0.3 is 14.4 Å². The second-order valence-electron chi connectivity index (χ2n) is 7.47. The minimum Gasteiger partial charge on any atom is -0.361 e. The van der Waals surface area contributed by atoms with Crippen LogP contribution < -0.4 is 5.32 Å². The van der Waals surface area contributed by atoms with Crippen LogP contribution in [0.15, 0.2) is 16.9 Å². The molecule has 8 nitrogen and oxygen atoms in total. The maximum absolute atomic E-state index is 12.5. The molecule has 0 saturated carbocycles. The van der Waals surface area contributed by atoms with Crippen molar-refractivity contribution >= 4 is 15.7 Å². The molecule has 0 aliphatic carbocycles. The molecule has 9 heteroatoms. The number of rotatable bonds is 6. The van der Waals surface area contributed by atoms with E-state index < -0.39 is 15.9 Å². The van der Waals surface area contributed by atoms with Gasteiger partial charge in [-0.25, -0.2) is 13.4 Å². The van der Waals surface area contributed by atoms with Gasteiger partial charge in [-0.3, -0.25) is 4.79 Å². The number of imidazole rings is 1. The Balaban J connectivity index is 1.71. The highest BCUT2D eigenvalue weighted by atomic mass is 32.2. The standard InChI is InChI=1S/C18H26N4O4S/c1-11(2)18-19-7-8-22(18)16-10-27(24,25)9-15(16)20-17(23)6-5-14-12(3)21-26-13(14)4/h7-8,11,15-16H,5-6,9-10H2,1-4H3,(H,20,23)/t15-,16-/m1/s1. The Labute approximate surface area is 159 Å². The van der Waals surface area contributed by atoms with Crippen molar-refractivity contribution in [2.75, 3.05) is 11.5 Å². The molecule has 0 spiro atoms. The van der Waals surface area contributed by atoms with Gasteiger partial charge in [0.05, 0.1) is 29.3 Å². The lowest BCUT2D eigenvalue weighted by molar-refractivity contribution is -0.121. The average Bonchev–Trinajstić information content (AvgIpc) is 3.24. The van der Waals surface area contributed by atoms with E-state index in [2.05, 4.69) is 15.5 Å². The minimum absolute atomic E-state index is 0.0118. The molecule has 3 heterocycles. The number of aromatic nitrogens is 3. The van der Waals surface area contributed by atoms with Crippen molar-refractivity contribution in [1.82, 2.24) is 20.0 Å². The van der Waals surface area contributed by atoms with Crippen molar-refractivity contribution in [3.63, 3.8) is 0 Å². The Morgan fingerprint density at radius 1 is 1.37 bits per heavy atom. The van der Waals surface area contributed by atoms with E-state index in [0.29, 0.717) is 12.2 Å². The van der Waals surface area contributed by atoms with Crippen LogP contribution in [0.1, 0.15) is 55.1 Å². The molecule has 0 unspecified atom stereocenters. The van der Waals surface area contributed by atoms with Crippen molar-refractivity contribution in [3.05, 3.63) is 35.2 Å². The molecule has 1 aliphatic rings. The van der Waals surface area contributed by atoms with Gasteiger partial charge in [0.25, 0.3) is 0 Å². The first-order valence-corrected chi connectivity index (χ1v) is 10.9. The summed E-state index contributed by atoms with van der Waals surface area (Å²) < 4.78 is 31.5. The highest BCUT2D eigenvalue weighted by Gasteiger charge is 2.40. The molecule has 1 amide bonds. The molecule has 148 valence electrons. The molecule has 2 aromatic rings. The smallest absolute Gasteiger partial charge is 0.220 e. The third kappa shape index (κ3) is 4.23. The fourth-order valence-electron chi connectivity index (χ4n) is 3.67. The molecular weight excluding hydrogens is 368 g/mol. The molecule has 0 radical (unpaired) electrons. The van der Waals surface area contributed by atoms with Crippen molar-refractivity contribution in [1.29, 1.82) is 0 Å². The third-order valence-corrected chi connectivity index (χ3v) is 6.74. The number of carbonyl (C=O) groups excluding carboxylic acids is 1. The molecule has 0 aromatic carbocycles. The lowest BCUT2D eigenvalue weighted by Crippen LogP contribution is -2.41. The van der Waals surface area contributed by atoms with Gasteiger partial charge in [-0.15, -0.1) is 0 Å². The van der Waals surface area contributed by atoms with Crippen LogP contribution in [-0.4, -0.2) is 46.6 Å². The summed E-state index contributed by atoms with van der Waals surface area (Å²) in [6.07, 6.45) is 4.24. The Bertz CT molecular complexity index is 910. The van der Waals surface area contributed by atoms with E-state index in [9.17, 15) is 13.2 Å². The van der Waals surface area contributed by atoms with Gasteiger partial charge in [0, 0.05) is 30.3 Å². The number of carbonyl (C=O) groups is 1. The van der Waals surface area contributed by atoms with Crippen LogP contribution in [0.25, 0.3) is 0 Å². The number of amides is 1. The summed E-state index contributed by atoms with van der Waals surface area (Å²) in [5, 5.41) is 6.81. The van der Waals surface area contributed by atoms with Gasteiger partial charge in [-0.05, 0) is 20.3 Å². The molecule has 27 heavy (non-hydrogen) atoms. The van der Waals surface area contributed by atoms with Crippen LogP contribution in [0.3, 0.4) is 0 Å². The Kier molecular flexibility index (Phi) is 5.41. The van der Waals surface area contributed by atoms with Crippen LogP contribution in [0.4, 0.5) is 0 Å². The fraction of sp³-hybridized carbons (Fsp3) is 0.611. The molecule has 1 N–H and O–H groups in total. The molecule has 0 bridgehead atoms. The predicted octanol–water partition coefficient (Wildman–Crippen LogP) is 1.70. The molecule has 1 aliphatic heterocycles.